The molecule has 30 heavy (non-hydrogen) atoms. The van der Waals surface area contributed by atoms with Gasteiger partial charge in [0.05, 0.1) is 19.0 Å². The average molecular weight is 399 g/mol. The first-order valence-electron chi connectivity index (χ1n) is 10.1. The van der Waals surface area contributed by atoms with Gasteiger partial charge in [0.1, 0.15) is 17.4 Å². The SMILES string of the molecule is COc1cccc(Nc2cc(-c3ccccc3)nc(C3CCCN([B]C=O)C3)n2)c1. The lowest BCUT2D eigenvalue weighted by Gasteiger charge is -2.30. The summed E-state index contributed by atoms with van der Waals surface area (Å²) in [6.07, 6.45) is 2.85. The maximum atomic E-state index is 10.9. The van der Waals surface area contributed by atoms with Crippen molar-refractivity contribution >= 4 is 25.1 Å². The number of nitrogens with zero attached hydrogens (tertiary/aromatic N) is 3. The zero-order valence-electron chi connectivity index (χ0n) is 17.0. The van der Waals surface area contributed by atoms with Crippen LogP contribution >= 0.6 is 0 Å². The lowest BCUT2D eigenvalue weighted by Crippen LogP contribution is -2.38. The molecule has 1 aromatic heterocycles. The summed E-state index contributed by atoms with van der Waals surface area (Å²) in [6.45, 7) is 1.64. The first-order valence-corrected chi connectivity index (χ1v) is 10.1. The summed E-state index contributed by atoms with van der Waals surface area (Å²) in [6, 6.07) is 19.8. The number of rotatable bonds is 7. The molecule has 0 aliphatic carbocycles. The van der Waals surface area contributed by atoms with E-state index in [4.69, 9.17) is 14.7 Å². The zero-order chi connectivity index (χ0) is 20.8. The number of carbonyl (C=O) groups is 1. The lowest BCUT2D eigenvalue weighted by molar-refractivity contribution is 0.320. The quantitative estimate of drug-likeness (QED) is 0.480. The molecule has 2 aromatic carbocycles. The number of benzene rings is 2. The Morgan fingerprint density at radius 1 is 1.13 bits per heavy atom. The molecule has 1 aliphatic heterocycles. The van der Waals surface area contributed by atoms with Crippen LogP contribution in [0, 0.1) is 0 Å². The number of hydrogen-bond acceptors (Lipinski definition) is 6. The van der Waals surface area contributed by atoms with Crippen molar-refractivity contribution in [3.63, 3.8) is 0 Å². The van der Waals surface area contributed by atoms with Gasteiger partial charge in [-0.1, -0.05) is 36.4 Å². The molecular formula is C23H24BN4O2. The van der Waals surface area contributed by atoms with E-state index in [1.54, 1.807) is 14.5 Å². The van der Waals surface area contributed by atoms with Gasteiger partial charge < -0.3 is 19.7 Å². The van der Waals surface area contributed by atoms with Crippen molar-refractivity contribution in [1.29, 1.82) is 0 Å². The van der Waals surface area contributed by atoms with Gasteiger partial charge >= 0.3 is 0 Å². The molecule has 4 rings (SSSR count). The van der Waals surface area contributed by atoms with Gasteiger partial charge in [0.25, 0.3) is 7.41 Å². The zero-order valence-corrected chi connectivity index (χ0v) is 17.0. The van der Waals surface area contributed by atoms with Crippen LogP contribution in [0.1, 0.15) is 24.6 Å². The van der Waals surface area contributed by atoms with E-state index in [1.807, 2.05) is 48.5 Å². The van der Waals surface area contributed by atoms with E-state index in [2.05, 4.69) is 22.3 Å². The van der Waals surface area contributed by atoms with Crippen LogP contribution in [0.15, 0.2) is 60.7 Å². The number of aromatic nitrogens is 2. The number of ether oxygens (including phenoxy) is 1. The van der Waals surface area contributed by atoms with Gasteiger partial charge in [-0.15, -0.1) is 0 Å². The van der Waals surface area contributed by atoms with Crippen LogP contribution in [0.5, 0.6) is 5.75 Å². The van der Waals surface area contributed by atoms with Gasteiger partial charge in [-0.05, 0) is 38.1 Å². The first kappa shape index (κ1) is 20.1. The molecule has 1 unspecified atom stereocenters. The molecule has 1 N–H and O–H groups in total. The standard InChI is InChI=1S/C23H24BN4O2/c1-30-20-11-5-10-19(13-20)25-22-14-21(17-7-3-2-4-8-17)26-23(27-22)18-9-6-12-28(15-18)24-16-29/h2-5,7-8,10-11,13-14,16,18H,6,9,12,15H2,1H3,(H,25,26,27). The second kappa shape index (κ2) is 9.54. The molecule has 1 saturated heterocycles. The van der Waals surface area contributed by atoms with Crippen molar-refractivity contribution < 1.29 is 9.53 Å². The van der Waals surface area contributed by atoms with E-state index in [9.17, 15) is 4.79 Å². The summed E-state index contributed by atoms with van der Waals surface area (Å²) >= 11 is 0. The van der Waals surface area contributed by atoms with E-state index < -0.39 is 0 Å². The van der Waals surface area contributed by atoms with Gasteiger partial charge in [-0.3, -0.25) is 0 Å². The topological polar surface area (TPSA) is 67.3 Å². The lowest BCUT2D eigenvalue weighted by atomic mass is 9.86. The molecule has 0 saturated carbocycles. The van der Waals surface area contributed by atoms with Crippen LogP contribution in [0.25, 0.3) is 11.3 Å². The Morgan fingerprint density at radius 2 is 2.00 bits per heavy atom. The van der Waals surface area contributed by atoms with Crippen molar-refractivity contribution in [2.24, 2.45) is 0 Å². The molecule has 1 aliphatic rings. The number of methoxy groups -OCH3 is 1. The number of anilines is 2. The predicted octanol–water partition coefficient (Wildman–Crippen LogP) is 3.88. The van der Waals surface area contributed by atoms with E-state index in [0.717, 1.165) is 66.5 Å². The molecule has 1 radical (unpaired) electrons. The maximum absolute atomic E-state index is 10.9. The van der Waals surface area contributed by atoms with Crippen LogP contribution in [0.3, 0.4) is 0 Å². The predicted molar refractivity (Wildman–Crippen MR) is 120 cm³/mol. The fraction of sp³-hybridized carbons (Fsp3) is 0.261. The number of nitrogens with one attached hydrogen (secondary N) is 1. The van der Waals surface area contributed by atoms with Gasteiger partial charge in [-0.2, -0.15) is 0 Å². The van der Waals surface area contributed by atoms with Crippen LogP contribution in [-0.4, -0.2) is 48.6 Å². The van der Waals surface area contributed by atoms with Crippen LogP contribution in [-0.2, 0) is 4.79 Å². The second-order valence-electron chi connectivity index (χ2n) is 7.34. The summed E-state index contributed by atoms with van der Waals surface area (Å²) in [4.78, 5) is 22.7. The summed E-state index contributed by atoms with van der Waals surface area (Å²) in [5, 5.41) is 3.40. The monoisotopic (exact) mass is 399 g/mol. The number of piperidine rings is 1. The van der Waals surface area contributed by atoms with Gasteiger partial charge in [-0.25, -0.2) is 9.97 Å². The van der Waals surface area contributed by atoms with Gasteiger partial charge in [0, 0.05) is 29.3 Å². The molecule has 151 valence electrons. The Morgan fingerprint density at radius 3 is 2.80 bits per heavy atom. The molecule has 0 amide bonds. The molecule has 6 nitrogen and oxygen atoms in total. The Hall–Kier alpha value is -3.19. The summed E-state index contributed by atoms with van der Waals surface area (Å²) in [7, 11) is 3.27. The molecular weight excluding hydrogens is 375 g/mol. The fourth-order valence-corrected chi connectivity index (χ4v) is 3.76. The minimum atomic E-state index is 0.171. The number of carbonyl (C=O) groups excluding carboxylic acids is 1. The van der Waals surface area contributed by atoms with Crippen molar-refractivity contribution in [3.05, 3.63) is 66.5 Å². The number of hydrogen-bond donors (Lipinski definition) is 1. The molecule has 3 aromatic rings. The third-order valence-electron chi connectivity index (χ3n) is 5.24. The van der Waals surface area contributed by atoms with Crippen LogP contribution in [0.2, 0.25) is 0 Å². The highest BCUT2D eigenvalue weighted by Crippen LogP contribution is 2.29. The highest BCUT2D eigenvalue weighted by molar-refractivity contribution is 6.64. The second-order valence-corrected chi connectivity index (χ2v) is 7.34. The van der Waals surface area contributed by atoms with Crippen LogP contribution < -0.4 is 10.1 Å². The highest BCUT2D eigenvalue weighted by Gasteiger charge is 2.24. The highest BCUT2D eigenvalue weighted by atomic mass is 16.5. The largest absolute Gasteiger partial charge is 0.497 e. The summed E-state index contributed by atoms with van der Waals surface area (Å²) in [5.74, 6) is 2.49. The van der Waals surface area contributed by atoms with Crippen LogP contribution in [0.4, 0.5) is 11.5 Å². The Labute approximate surface area is 177 Å². The molecule has 1 atom stereocenters. The smallest absolute Gasteiger partial charge is 0.293 e. The van der Waals surface area contributed by atoms with Crippen molar-refractivity contribution in [2.75, 3.05) is 25.5 Å². The normalized spacial score (nSPS) is 16.6. The molecule has 0 bridgehead atoms. The van der Waals surface area contributed by atoms with E-state index >= 15 is 0 Å². The van der Waals surface area contributed by atoms with Gasteiger partial charge in [0.2, 0.25) is 0 Å². The molecule has 2 heterocycles. The summed E-state index contributed by atoms with van der Waals surface area (Å²) in [5.41, 5.74) is 2.82. The molecule has 7 heteroatoms. The molecule has 1 fully saturated rings. The van der Waals surface area contributed by atoms with E-state index in [-0.39, 0.29) is 5.92 Å². The Kier molecular flexibility index (Phi) is 6.39. The minimum Gasteiger partial charge on any atom is -0.497 e. The van der Waals surface area contributed by atoms with Crippen molar-refractivity contribution in [2.45, 2.75) is 18.8 Å². The average Bonchev–Trinajstić information content (AvgIpc) is 2.80. The fourth-order valence-electron chi connectivity index (χ4n) is 3.76. The minimum absolute atomic E-state index is 0.171. The molecule has 0 spiro atoms. The van der Waals surface area contributed by atoms with Gasteiger partial charge in [0.15, 0.2) is 0 Å². The first-order chi connectivity index (χ1) is 14.7. The van der Waals surface area contributed by atoms with E-state index in [0.29, 0.717) is 0 Å². The third-order valence-corrected chi connectivity index (χ3v) is 5.24. The third kappa shape index (κ3) is 4.86. The van der Waals surface area contributed by atoms with Crippen molar-refractivity contribution in [1.82, 2.24) is 14.8 Å². The van der Waals surface area contributed by atoms with Crippen molar-refractivity contribution in [3.8, 4) is 17.0 Å². The Balaban J connectivity index is 1.68. The maximum Gasteiger partial charge on any atom is 0.293 e. The van der Waals surface area contributed by atoms with E-state index in [1.165, 1.54) is 0 Å². The Bertz CT molecular complexity index is 1000. The summed E-state index contributed by atoms with van der Waals surface area (Å²) < 4.78 is 5.33.